The third-order valence-electron chi connectivity index (χ3n) is 3.44. The van der Waals surface area contributed by atoms with Crippen LogP contribution in [-0.2, 0) is 14.6 Å². The number of ether oxygens (including phenoxy) is 1. The number of hydrogen-bond donors (Lipinski definition) is 2. The molecule has 7 nitrogen and oxygen atoms in total. The third-order valence-corrected chi connectivity index (χ3v) is 4.42. The largest absolute Gasteiger partial charge is 0.379 e. The van der Waals surface area contributed by atoms with Gasteiger partial charge in [-0.3, -0.25) is 9.89 Å². The molecule has 0 aromatic rings. The summed E-state index contributed by atoms with van der Waals surface area (Å²) in [7, 11) is -2.92. The summed E-state index contributed by atoms with van der Waals surface area (Å²) in [4.78, 5) is 6.89. The summed E-state index contributed by atoms with van der Waals surface area (Å²) in [6.45, 7) is 9.91. The maximum Gasteiger partial charge on any atom is 0.191 e. The van der Waals surface area contributed by atoms with E-state index in [-0.39, 0.29) is 11.8 Å². The van der Waals surface area contributed by atoms with Gasteiger partial charge in [-0.1, -0.05) is 0 Å². The minimum atomic E-state index is -2.92. The van der Waals surface area contributed by atoms with Crippen molar-refractivity contribution in [2.75, 3.05) is 57.9 Å². The van der Waals surface area contributed by atoms with Gasteiger partial charge in [0.1, 0.15) is 9.84 Å². The molecule has 1 atom stereocenters. The SMILES string of the molecule is CCNC(=NCCN1CCOCC1)NC(C)CCS(C)(=O)=O. The summed E-state index contributed by atoms with van der Waals surface area (Å²) >= 11 is 0. The quantitative estimate of drug-likeness (QED) is 0.468. The number of hydrogen-bond acceptors (Lipinski definition) is 5. The van der Waals surface area contributed by atoms with Crippen molar-refractivity contribution in [3.8, 4) is 0 Å². The zero-order valence-electron chi connectivity index (χ0n) is 14.0. The van der Waals surface area contributed by atoms with E-state index in [1.807, 2.05) is 13.8 Å². The lowest BCUT2D eigenvalue weighted by Crippen LogP contribution is -2.43. The Kier molecular flexibility index (Phi) is 8.74. The van der Waals surface area contributed by atoms with Crippen LogP contribution in [-0.4, -0.2) is 83.3 Å². The van der Waals surface area contributed by atoms with Crippen LogP contribution < -0.4 is 10.6 Å². The second-order valence-corrected chi connectivity index (χ2v) is 7.94. The highest BCUT2D eigenvalue weighted by atomic mass is 32.2. The van der Waals surface area contributed by atoms with E-state index in [1.165, 1.54) is 6.26 Å². The van der Waals surface area contributed by atoms with Gasteiger partial charge in [0.2, 0.25) is 0 Å². The van der Waals surface area contributed by atoms with Crippen molar-refractivity contribution in [3.05, 3.63) is 0 Å². The molecule has 0 spiro atoms. The molecule has 0 aromatic heterocycles. The molecule has 130 valence electrons. The summed E-state index contributed by atoms with van der Waals surface area (Å²) < 4.78 is 27.7. The van der Waals surface area contributed by atoms with E-state index in [1.54, 1.807) is 0 Å². The molecule has 0 aromatic carbocycles. The normalized spacial score (nSPS) is 19.0. The third kappa shape index (κ3) is 9.22. The Labute approximate surface area is 134 Å². The first-order valence-electron chi connectivity index (χ1n) is 7.93. The summed E-state index contributed by atoms with van der Waals surface area (Å²) in [5.74, 6) is 0.936. The van der Waals surface area contributed by atoms with Gasteiger partial charge in [0.05, 0.1) is 25.5 Å². The van der Waals surface area contributed by atoms with Crippen LogP contribution in [0.25, 0.3) is 0 Å². The molecule has 0 bridgehead atoms. The summed E-state index contributed by atoms with van der Waals surface area (Å²) in [6.07, 6.45) is 1.84. The summed E-state index contributed by atoms with van der Waals surface area (Å²) in [5, 5.41) is 6.45. The molecule has 1 aliphatic rings. The van der Waals surface area contributed by atoms with Gasteiger partial charge in [-0.15, -0.1) is 0 Å². The van der Waals surface area contributed by atoms with Crippen molar-refractivity contribution in [1.29, 1.82) is 0 Å². The summed E-state index contributed by atoms with van der Waals surface area (Å²) in [6, 6.07) is 0.0657. The van der Waals surface area contributed by atoms with E-state index in [4.69, 9.17) is 4.74 Å². The Balaban J connectivity index is 2.36. The van der Waals surface area contributed by atoms with Crippen LogP contribution in [0, 0.1) is 0 Å². The molecule has 1 unspecified atom stereocenters. The van der Waals surface area contributed by atoms with Crippen LogP contribution in [0.15, 0.2) is 4.99 Å². The molecule has 22 heavy (non-hydrogen) atoms. The fourth-order valence-corrected chi connectivity index (χ4v) is 2.93. The zero-order valence-corrected chi connectivity index (χ0v) is 14.8. The molecule has 0 aliphatic carbocycles. The maximum atomic E-state index is 11.2. The minimum absolute atomic E-state index is 0.0657. The minimum Gasteiger partial charge on any atom is -0.379 e. The van der Waals surface area contributed by atoms with E-state index >= 15 is 0 Å². The molecule has 1 heterocycles. The Morgan fingerprint density at radius 2 is 2.05 bits per heavy atom. The molecule has 1 rings (SSSR count). The Bertz CT molecular complexity index is 433. The smallest absolute Gasteiger partial charge is 0.191 e. The lowest BCUT2D eigenvalue weighted by atomic mass is 10.3. The molecule has 2 N–H and O–H groups in total. The number of morpholine rings is 1. The van der Waals surface area contributed by atoms with Gasteiger partial charge in [0, 0.05) is 38.5 Å². The standard InChI is InChI=1S/C14H30N4O3S/c1-4-15-14(17-13(2)5-12-22(3,19)20)16-6-7-18-8-10-21-11-9-18/h13H,4-12H2,1-3H3,(H2,15,16,17). The van der Waals surface area contributed by atoms with Crippen LogP contribution in [0.2, 0.25) is 0 Å². The first kappa shape index (κ1) is 19.2. The second-order valence-electron chi connectivity index (χ2n) is 5.68. The highest BCUT2D eigenvalue weighted by molar-refractivity contribution is 7.90. The van der Waals surface area contributed by atoms with E-state index in [0.717, 1.165) is 45.4 Å². The summed E-state index contributed by atoms with van der Waals surface area (Å²) in [5.41, 5.74) is 0. The van der Waals surface area contributed by atoms with E-state index < -0.39 is 9.84 Å². The molecular weight excluding hydrogens is 304 g/mol. The van der Waals surface area contributed by atoms with Gasteiger partial charge in [0.15, 0.2) is 5.96 Å². The van der Waals surface area contributed by atoms with Gasteiger partial charge in [-0.2, -0.15) is 0 Å². The molecule has 8 heteroatoms. The van der Waals surface area contributed by atoms with Crippen molar-refractivity contribution in [3.63, 3.8) is 0 Å². The number of nitrogens with one attached hydrogen (secondary N) is 2. The van der Waals surface area contributed by atoms with Gasteiger partial charge < -0.3 is 15.4 Å². The number of sulfone groups is 1. The lowest BCUT2D eigenvalue weighted by Gasteiger charge is -2.26. The van der Waals surface area contributed by atoms with Gasteiger partial charge in [-0.25, -0.2) is 8.42 Å². The van der Waals surface area contributed by atoms with Crippen LogP contribution in [0.5, 0.6) is 0 Å². The molecule has 0 amide bonds. The predicted octanol–water partition coefficient (Wildman–Crippen LogP) is -0.303. The van der Waals surface area contributed by atoms with E-state index in [0.29, 0.717) is 13.0 Å². The van der Waals surface area contributed by atoms with Gasteiger partial charge >= 0.3 is 0 Å². The van der Waals surface area contributed by atoms with Crippen molar-refractivity contribution >= 4 is 15.8 Å². The first-order chi connectivity index (χ1) is 10.4. The zero-order chi connectivity index (χ0) is 16.4. The Morgan fingerprint density at radius 1 is 1.36 bits per heavy atom. The van der Waals surface area contributed by atoms with Crippen LogP contribution in [0.4, 0.5) is 0 Å². The monoisotopic (exact) mass is 334 g/mol. The van der Waals surface area contributed by atoms with Crippen molar-refractivity contribution in [1.82, 2.24) is 15.5 Å². The van der Waals surface area contributed by atoms with Crippen molar-refractivity contribution in [2.45, 2.75) is 26.3 Å². The van der Waals surface area contributed by atoms with E-state index in [2.05, 4.69) is 20.5 Å². The first-order valence-corrected chi connectivity index (χ1v) is 9.99. The predicted molar refractivity (Wildman–Crippen MR) is 90.2 cm³/mol. The second kappa shape index (κ2) is 10.0. The fourth-order valence-electron chi connectivity index (χ4n) is 2.14. The van der Waals surface area contributed by atoms with E-state index in [9.17, 15) is 8.42 Å². The lowest BCUT2D eigenvalue weighted by molar-refractivity contribution is 0.0394. The number of guanidine groups is 1. The fraction of sp³-hybridized carbons (Fsp3) is 0.929. The molecule has 1 aliphatic heterocycles. The van der Waals surface area contributed by atoms with Gasteiger partial charge in [-0.05, 0) is 20.3 Å². The average molecular weight is 334 g/mol. The Morgan fingerprint density at radius 3 is 2.64 bits per heavy atom. The highest BCUT2D eigenvalue weighted by Gasteiger charge is 2.11. The number of nitrogens with zero attached hydrogens (tertiary/aromatic N) is 2. The highest BCUT2D eigenvalue weighted by Crippen LogP contribution is 1.97. The van der Waals surface area contributed by atoms with Crippen molar-refractivity contribution < 1.29 is 13.2 Å². The van der Waals surface area contributed by atoms with Crippen LogP contribution in [0.1, 0.15) is 20.3 Å². The van der Waals surface area contributed by atoms with Crippen LogP contribution >= 0.6 is 0 Å². The molecule has 0 saturated carbocycles. The number of rotatable bonds is 8. The number of aliphatic imine (C=N–C) groups is 1. The molecular formula is C14H30N4O3S. The van der Waals surface area contributed by atoms with Crippen LogP contribution in [0.3, 0.4) is 0 Å². The average Bonchev–Trinajstić information content (AvgIpc) is 2.46. The maximum absolute atomic E-state index is 11.2. The van der Waals surface area contributed by atoms with Gasteiger partial charge in [0.25, 0.3) is 0 Å². The van der Waals surface area contributed by atoms with Crippen molar-refractivity contribution in [2.24, 2.45) is 4.99 Å². The molecule has 1 saturated heterocycles. The molecule has 1 fully saturated rings. The topological polar surface area (TPSA) is 83.0 Å². The Hall–Kier alpha value is -0.860. The molecule has 0 radical (unpaired) electrons.